The minimum Gasteiger partial charge on any atom is -0.369 e. The van der Waals surface area contributed by atoms with Crippen molar-refractivity contribution in [2.75, 3.05) is 57.0 Å². The Bertz CT molecular complexity index is 1000. The zero-order valence-electron chi connectivity index (χ0n) is 17.4. The van der Waals surface area contributed by atoms with Crippen LogP contribution in [0.4, 0.5) is 11.4 Å². The van der Waals surface area contributed by atoms with Crippen LogP contribution in [-0.4, -0.2) is 70.3 Å². The molecule has 0 aromatic heterocycles. The number of carbonyl (C=O) groups excluding carboxylic acids is 1. The van der Waals surface area contributed by atoms with Crippen molar-refractivity contribution in [3.05, 3.63) is 53.1 Å². The van der Waals surface area contributed by atoms with Gasteiger partial charge in [0.2, 0.25) is 10.0 Å². The van der Waals surface area contributed by atoms with Crippen LogP contribution in [0.15, 0.2) is 47.4 Å². The number of nitrogens with one attached hydrogen (secondary N) is 1. The number of benzene rings is 2. The van der Waals surface area contributed by atoms with Gasteiger partial charge < -0.3 is 15.1 Å². The number of likely N-dealkylation sites (N-methyl/N-ethyl adjacent to an activating group) is 1. The van der Waals surface area contributed by atoms with Crippen LogP contribution in [0.3, 0.4) is 0 Å². The Kier molecular flexibility index (Phi) is 7.02. The molecule has 2 aromatic carbocycles. The van der Waals surface area contributed by atoms with Gasteiger partial charge in [0.25, 0.3) is 5.91 Å². The number of carbonyl (C=O) groups is 1. The molecule has 1 aliphatic rings. The van der Waals surface area contributed by atoms with Crippen molar-refractivity contribution < 1.29 is 13.2 Å². The third kappa shape index (κ3) is 4.95. The van der Waals surface area contributed by atoms with Gasteiger partial charge in [0.1, 0.15) is 4.90 Å². The van der Waals surface area contributed by atoms with Gasteiger partial charge in [-0.15, -0.1) is 0 Å². The lowest BCUT2D eigenvalue weighted by atomic mass is 10.2. The van der Waals surface area contributed by atoms with E-state index in [2.05, 4.69) is 22.0 Å². The molecule has 0 unspecified atom stereocenters. The van der Waals surface area contributed by atoms with Crippen LogP contribution < -0.4 is 10.2 Å². The maximum Gasteiger partial charge on any atom is 0.255 e. The fourth-order valence-electron chi connectivity index (χ4n) is 3.32. The zero-order valence-corrected chi connectivity index (χ0v) is 19.0. The third-order valence-electron chi connectivity index (χ3n) is 5.26. The van der Waals surface area contributed by atoms with Gasteiger partial charge in [0.05, 0.1) is 5.02 Å². The van der Waals surface area contributed by atoms with Gasteiger partial charge in [-0.1, -0.05) is 18.5 Å². The van der Waals surface area contributed by atoms with Gasteiger partial charge in [-0.25, -0.2) is 12.7 Å². The second-order valence-corrected chi connectivity index (χ2v) is 9.88. The van der Waals surface area contributed by atoms with Crippen molar-refractivity contribution in [2.24, 2.45) is 0 Å². The fraction of sp³-hybridized carbons (Fsp3) is 0.381. The van der Waals surface area contributed by atoms with Crippen molar-refractivity contribution >= 4 is 38.9 Å². The quantitative estimate of drug-likeness (QED) is 0.732. The first-order chi connectivity index (χ1) is 14.2. The van der Waals surface area contributed by atoms with Crippen LogP contribution in [0, 0.1) is 0 Å². The first kappa shape index (κ1) is 22.6. The van der Waals surface area contributed by atoms with Crippen LogP contribution in [0.2, 0.25) is 5.02 Å². The number of hydrogen-bond donors (Lipinski definition) is 1. The van der Waals surface area contributed by atoms with Crippen molar-refractivity contribution in [3.8, 4) is 0 Å². The minimum absolute atomic E-state index is 0.0766. The topological polar surface area (TPSA) is 73.0 Å². The number of hydrogen-bond acceptors (Lipinski definition) is 5. The molecule has 0 aliphatic carbocycles. The van der Waals surface area contributed by atoms with E-state index in [0.29, 0.717) is 5.69 Å². The molecule has 3 rings (SSSR count). The fourth-order valence-corrected chi connectivity index (χ4v) is 4.71. The molecule has 0 saturated carbocycles. The molecule has 162 valence electrons. The van der Waals surface area contributed by atoms with Crippen molar-refractivity contribution in [1.29, 1.82) is 0 Å². The van der Waals surface area contributed by atoms with E-state index in [9.17, 15) is 13.2 Å². The lowest BCUT2D eigenvalue weighted by Gasteiger charge is -2.35. The van der Waals surface area contributed by atoms with Gasteiger partial charge in [-0.2, -0.15) is 0 Å². The Morgan fingerprint density at radius 2 is 1.70 bits per heavy atom. The molecule has 1 saturated heterocycles. The van der Waals surface area contributed by atoms with E-state index in [4.69, 9.17) is 11.6 Å². The molecule has 7 nitrogen and oxygen atoms in total. The van der Waals surface area contributed by atoms with Gasteiger partial charge in [0, 0.05) is 57.2 Å². The Morgan fingerprint density at radius 3 is 2.27 bits per heavy atom. The highest BCUT2D eigenvalue weighted by Gasteiger charge is 2.22. The molecule has 1 aliphatic heterocycles. The number of piperazine rings is 1. The lowest BCUT2D eigenvalue weighted by molar-refractivity contribution is 0.102. The van der Waals surface area contributed by atoms with Crippen molar-refractivity contribution in [1.82, 2.24) is 9.21 Å². The van der Waals surface area contributed by atoms with Crippen LogP contribution in [0.25, 0.3) is 0 Å². The van der Waals surface area contributed by atoms with Gasteiger partial charge >= 0.3 is 0 Å². The maximum atomic E-state index is 12.7. The normalized spacial score (nSPS) is 15.4. The molecular weight excluding hydrogens is 424 g/mol. The molecule has 0 spiro atoms. The Labute approximate surface area is 183 Å². The van der Waals surface area contributed by atoms with Crippen LogP contribution >= 0.6 is 11.6 Å². The maximum absolute atomic E-state index is 12.7. The van der Waals surface area contributed by atoms with E-state index in [1.807, 2.05) is 24.3 Å². The van der Waals surface area contributed by atoms with Gasteiger partial charge in [-0.05, 0) is 49.0 Å². The monoisotopic (exact) mass is 450 g/mol. The lowest BCUT2D eigenvalue weighted by Crippen LogP contribution is -2.46. The van der Waals surface area contributed by atoms with E-state index in [0.717, 1.165) is 42.7 Å². The Hall–Kier alpha value is -2.13. The number of anilines is 2. The molecule has 1 fully saturated rings. The van der Waals surface area contributed by atoms with Crippen LogP contribution in [-0.2, 0) is 10.0 Å². The second kappa shape index (κ2) is 9.34. The summed E-state index contributed by atoms with van der Waals surface area (Å²) in [4.78, 5) is 17.3. The van der Waals surface area contributed by atoms with E-state index < -0.39 is 15.9 Å². The summed E-state index contributed by atoms with van der Waals surface area (Å²) in [5, 5.41) is 2.89. The highest BCUT2D eigenvalue weighted by Crippen LogP contribution is 2.26. The number of amides is 1. The minimum atomic E-state index is -3.75. The number of halogens is 1. The number of rotatable bonds is 6. The number of sulfonamides is 1. The molecule has 0 radical (unpaired) electrons. The summed E-state index contributed by atoms with van der Waals surface area (Å²) in [7, 11) is -0.911. The highest BCUT2D eigenvalue weighted by molar-refractivity contribution is 7.89. The molecular formula is C21H27ClN4O3S. The summed E-state index contributed by atoms with van der Waals surface area (Å²) >= 11 is 6.05. The SMILES string of the molecule is CCN1CCN(c2ccc(NC(=O)c3ccc(Cl)c(S(=O)(=O)N(C)C)c3)cc2)CC1. The van der Waals surface area contributed by atoms with Crippen LogP contribution in [0.1, 0.15) is 17.3 Å². The zero-order chi connectivity index (χ0) is 21.9. The molecule has 1 heterocycles. The first-order valence-electron chi connectivity index (χ1n) is 9.83. The third-order valence-corrected chi connectivity index (χ3v) is 7.56. The summed E-state index contributed by atoms with van der Waals surface area (Å²) in [5.74, 6) is -0.397. The van der Waals surface area contributed by atoms with Gasteiger partial charge in [0.15, 0.2) is 0 Å². The average Bonchev–Trinajstić information content (AvgIpc) is 2.74. The molecule has 30 heavy (non-hydrogen) atoms. The predicted molar refractivity (Wildman–Crippen MR) is 121 cm³/mol. The smallest absolute Gasteiger partial charge is 0.255 e. The summed E-state index contributed by atoms with van der Waals surface area (Å²) in [6.45, 7) is 7.29. The van der Waals surface area contributed by atoms with Crippen LogP contribution in [0.5, 0.6) is 0 Å². The standard InChI is InChI=1S/C21H27ClN4O3S/c1-4-25-11-13-26(14-12-25)18-8-6-17(7-9-18)23-21(27)16-5-10-19(22)20(15-16)30(28,29)24(2)3/h5-10,15H,4,11-14H2,1-3H3,(H,23,27). The molecule has 0 bridgehead atoms. The van der Waals surface area contributed by atoms with Crippen molar-refractivity contribution in [2.45, 2.75) is 11.8 Å². The number of nitrogens with zero attached hydrogens (tertiary/aromatic N) is 3. The highest BCUT2D eigenvalue weighted by atomic mass is 35.5. The second-order valence-electron chi connectivity index (χ2n) is 7.35. The predicted octanol–water partition coefficient (Wildman–Crippen LogP) is 2.98. The largest absolute Gasteiger partial charge is 0.369 e. The van der Waals surface area contributed by atoms with Gasteiger partial charge in [-0.3, -0.25) is 4.79 Å². The van der Waals surface area contributed by atoms with Crippen molar-refractivity contribution in [3.63, 3.8) is 0 Å². The Balaban J connectivity index is 1.71. The van der Waals surface area contributed by atoms with E-state index in [1.165, 1.54) is 32.3 Å². The van der Waals surface area contributed by atoms with E-state index in [-0.39, 0.29) is 15.5 Å². The first-order valence-corrected chi connectivity index (χ1v) is 11.6. The molecule has 2 aromatic rings. The Morgan fingerprint density at radius 1 is 1.07 bits per heavy atom. The molecule has 0 atom stereocenters. The molecule has 1 N–H and O–H groups in total. The summed E-state index contributed by atoms with van der Waals surface area (Å²) in [6.07, 6.45) is 0. The summed E-state index contributed by atoms with van der Waals surface area (Å²) < 4.78 is 25.9. The molecule has 9 heteroatoms. The summed E-state index contributed by atoms with van der Waals surface area (Å²) in [5.41, 5.74) is 1.98. The van der Waals surface area contributed by atoms with E-state index in [1.54, 1.807) is 0 Å². The van der Waals surface area contributed by atoms with E-state index >= 15 is 0 Å². The average molecular weight is 451 g/mol. The summed E-state index contributed by atoms with van der Waals surface area (Å²) in [6, 6.07) is 11.9. The molecule has 1 amide bonds.